The molecule has 0 fully saturated rings. The van der Waals surface area contributed by atoms with E-state index in [0.717, 1.165) is 17.9 Å². The van der Waals surface area contributed by atoms with Gasteiger partial charge < -0.3 is 19.9 Å². The van der Waals surface area contributed by atoms with Gasteiger partial charge >= 0.3 is 12.2 Å². The molecule has 0 aliphatic rings. The maximum atomic E-state index is 12.4. The van der Waals surface area contributed by atoms with Gasteiger partial charge in [0, 0.05) is 25.5 Å². The lowest BCUT2D eigenvalue weighted by Gasteiger charge is -2.11. The Balaban J connectivity index is 1.42. The van der Waals surface area contributed by atoms with E-state index in [1.807, 2.05) is 23.9 Å². The third-order valence-electron chi connectivity index (χ3n) is 4.26. The van der Waals surface area contributed by atoms with Gasteiger partial charge in [-0.3, -0.25) is 4.68 Å². The van der Waals surface area contributed by atoms with Crippen LogP contribution in [0.5, 0.6) is 11.6 Å². The fourth-order valence-corrected chi connectivity index (χ4v) is 3.13. The number of anilines is 2. The van der Waals surface area contributed by atoms with E-state index in [9.17, 15) is 18.0 Å². The predicted octanol–water partition coefficient (Wildman–Crippen LogP) is 4.82. The van der Waals surface area contributed by atoms with Crippen LogP contribution < -0.4 is 15.4 Å². The minimum Gasteiger partial charge on any atom is -0.437 e. The van der Waals surface area contributed by atoms with Crippen LogP contribution in [0.15, 0.2) is 49.2 Å². The molecule has 166 valence electrons. The SMILES string of the molecule is Cn1ccc2ncnc(Oc3ccc(NC(=O)Nc4cnn(CC(F)(F)F)c4)c(Cl)c3)c21. The van der Waals surface area contributed by atoms with Gasteiger partial charge in [0.25, 0.3) is 0 Å². The Morgan fingerprint density at radius 1 is 1.22 bits per heavy atom. The maximum Gasteiger partial charge on any atom is 0.408 e. The minimum absolute atomic E-state index is 0.0955. The Labute approximate surface area is 183 Å². The standard InChI is InChI=1S/C19H15ClF3N7O2/c1-29-5-4-15-16(29)17(25-10-24-15)32-12-2-3-14(13(20)6-12)28-18(31)27-11-7-26-30(8-11)9-19(21,22)23/h2-8,10H,9H2,1H3,(H2,27,28,31). The number of aryl methyl sites for hydroxylation is 1. The number of carbonyl (C=O) groups is 1. The van der Waals surface area contributed by atoms with Crippen molar-refractivity contribution in [3.05, 3.63) is 54.2 Å². The van der Waals surface area contributed by atoms with Gasteiger partial charge in [-0.2, -0.15) is 23.3 Å². The van der Waals surface area contributed by atoms with E-state index < -0.39 is 18.8 Å². The van der Waals surface area contributed by atoms with Crippen LogP contribution in [-0.4, -0.2) is 36.5 Å². The molecule has 0 unspecified atom stereocenters. The zero-order chi connectivity index (χ0) is 22.9. The number of nitrogens with zero attached hydrogens (tertiary/aromatic N) is 5. The molecule has 0 bridgehead atoms. The van der Waals surface area contributed by atoms with Gasteiger partial charge in [0.15, 0.2) is 0 Å². The molecule has 3 aromatic heterocycles. The number of ether oxygens (including phenoxy) is 1. The number of amides is 2. The first-order valence-corrected chi connectivity index (χ1v) is 9.46. The molecule has 9 nitrogen and oxygen atoms in total. The van der Waals surface area contributed by atoms with Gasteiger partial charge in [-0.15, -0.1) is 0 Å². The highest BCUT2D eigenvalue weighted by molar-refractivity contribution is 6.34. The first-order valence-electron chi connectivity index (χ1n) is 9.08. The summed E-state index contributed by atoms with van der Waals surface area (Å²) in [5.41, 5.74) is 1.79. The van der Waals surface area contributed by atoms with Gasteiger partial charge in [-0.1, -0.05) is 11.6 Å². The number of rotatable bonds is 5. The number of carbonyl (C=O) groups excluding carboxylic acids is 1. The van der Waals surface area contributed by atoms with Crippen LogP contribution in [0.4, 0.5) is 29.3 Å². The van der Waals surface area contributed by atoms with Gasteiger partial charge in [0.05, 0.1) is 28.1 Å². The average Bonchev–Trinajstić information content (AvgIpc) is 3.29. The Morgan fingerprint density at radius 3 is 2.78 bits per heavy atom. The van der Waals surface area contributed by atoms with Crippen molar-refractivity contribution in [2.45, 2.75) is 12.7 Å². The number of alkyl halides is 3. The van der Waals surface area contributed by atoms with Crippen LogP contribution in [0.25, 0.3) is 11.0 Å². The third-order valence-corrected chi connectivity index (χ3v) is 4.57. The fraction of sp³-hybridized carbons (Fsp3) is 0.158. The number of nitrogens with one attached hydrogen (secondary N) is 2. The monoisotopic (exact) mass is 465 g/mol. The molecule has 0 spiro atoms. The molecule has 0 radical (unpaired) electrons. The lowest BCUT2D eigenvalue weighted by molar-refractivity contribution is -0.142. The number of hydrogen-bond donors (Lipinski definition) is 2. The van der Waals surface area contributed by atoms with E-state index >= 15 is 0 Å². The van der Waals surface area contributed by atoms with Crippen molar-refractivity contribution in [1.82, 2.24) is 24.3 Å². The van der Waals surface area contributed by atoms with E-state index in [0.29, 0.717) is 21.8 Å². The first-order chi connectivity index (χ1) is 15.2. The quantitative estimate of drug-likeness (QED) is 0.440. The van der Waals surface area contributed by atoms with E-state index in [-0.39, 0.29) is 16.4 Å². The van der Waals surface area contributed by atoms with Gasteiger partial charge in [-0.05, 0) is 18.2 Å². The molecule has 0 saturated carbocycles. The molecule has 0 saturated heterocycles. The summed E-state index contributed by atoms with van der Waals surface area (Å²) in [7, 11) is 1.84. The first kappa shape index (κ1) is 21.4. The summed E-state index contributed by atoms with van der Waals surface area (Å²) in [6, 6.07) is 5.73. The number of aromatic nitrogens is 5. The highest BCUT2D eigenvalue weighted by Gasteiger charge is 2.28. The van der Waals surface area contributed by atoms with Crippen LogP contribution in [0, 0.1) is 0 Å². The molecule has 13 heteroatoms. The molecule has 3 heterocycles. The van der Waals surface area contributed by atoms with Crippen molar-refractivity contribution < 1.29 is 22.7 Å². The Morgan fingerprint density at radius 2 is 2.03 bits per heavy atom. The van der Waals surface area contributed by atoms with E-state index in [2.05, 4.69) is 25.7 Å². The summed E-state index contributed by atoms with van der Waals surface area (Å²) in [5, 5.41) is 8.64. The lowest BCUT2D eigenvalue weighted by Crippen LogP contribution is -2.20. The van der Waals surface area contributed by atoms with Gasteiger partial charge in [0.2, 0.25) is 5.88 Å². The van der Waals surface area contributed by atoms with Crippen LogP contribution in [0.2, 0.25) is 5.02 Å². The highest BCUT2D eigenvalue weighted by atomic mass is 35.5. The second-order valence-electron chi connectivity index (χ2n) is 6.70. The zero-order valence-electron chi connectivity index (χ0n) is 16.4. The van der Waals surface area contributed by atoms with Crippen molar-refractivity contribution in [2.75, 3.05) is 10.6 Å². The van der Waals surface area contributed by atoms with Crippen molar-refractivity contribution in [2.24, 2.45) is 7.05 Å². The molecule has 32 heavy (non-hydrogen) atoms. The molecule has 4 aromatic rings. The molecule has 2 amide bonds. The van der Waals surface area contributed by atoms with Crippen molar-refractivity contribution in [1.29, 1.82) is 0 Å². The molecular formula is C19H15ClF3N7O2. The summed E-state index contributed by atoms with van der Waals surface area (Å²) in [5.74, 6) is 0.725. The third kappa shape index (κ3) is 4.91. The molecule has 2 N–H and O–H groups in total. The van der Waals surface area contributed by atoms with Crippen LogP contribution >= 0.6 is 11.6 Å². The van der Waals surface area contributed by atoms with Crippen molar-refractivity contribution in [3.63, 3.8) is 0 Å². The largest absolute Gasteiger partial charge is 0.437 e. The van der Waals surface area contributed by atoms with E-state index in [4.69, 9.17) is 16.3 Å². The number of halogens is 4. The molecule has 1 aromatic carbocycles. The number of hydrogen-bond acceptors (Lipinski definition) is 5. The summed E-state index contributed by atoms with van der Waals surface area (Å²) in [6.07, 6.45) is 0.974. The lowest BCUT2D eigenvalue weighted by atomic mass is 10.3. The number of benzene rings is 1. The normalized spacial score (nSPS) is 11.5. The van der Waals surface area contributed by atoms with Crippen LogP contribution in [-0.2, 0) is 13.6 Å². The van der Waals surface area contributed by atoms with Crippen molar-refractivity contribution >= 4 is 40.0 Å². The molecule has 0 aliphatic heterocycles. The summed E-state index contributed by atoms with van der Waals surface area (Å²) < 4.78 is 45.5. The smallest absolute Gasteiger partial charge is 0.408 e. The average molecular weight is 466 g/mol. The fourth-order valence-electron chi connectivity index (χ4n) is 2.92. The van der Waals surface area contributed by atoms with Crippen LogP contribution in [0.1, 0.15) is 0 Å². The Bertz CT molecular complexity index is 1290. The second-order valence-corrected chi connectivity index (χ2v) is 7.11. The molecule has 4 rings (SSSR count). The topological polar surface area (TPSA) is 98.9 Å². The zero-order valence-corrected chi connectivity index (χ0v) is 17.1. The number of urea groups is 1. The summed E-state index contributed by atoms with van der Waals surface area (Å²) in [6.45, 7) is -1.26. The van der Waals surface area contributed by atoms with Gasteiger partial charge in [0.1, 0.15) is 24.1 Å². The Hall–Kier alpha value is -3.80. The van der Waals surface area contributed by atoms with Crippen molar-refractivity contribution in [3.8, 4) is 11.6 Å². The molecule has 0 atom stereocenters. The second kappa shape index (κ2) is 8.38. The molecule has 0 aliphatic carbocycles. The summed E-state index contributed by atoms with van der Waals surface area (Å²) in [4.78, 5) is 20.5. The number of fused-ring (bicyclic) bond motifs is 1. The predicted molar refractivity (Wildman–Crippen MR) is 111 cm³/mol. The van der Waals surface area contributed by atoms with Crippen LogP contribution in [0.3, 0.4) is 0 Å². The summed E-state index contributed by atoms with van der Waals surface area (Å²) >= 11 is 6.25. The Kier molecular flexibility index (Phi) is 5.61. The highest BCUT2D eigenvalue weighted by Crippen LogP contribution is 2.31. The van der Waals surface area contributed by atoms with E-state index in [1.165, 1.54) is 18.5 Å². The minimum atomic E-state index is -4.42. The molecular weight excluding hydrogens is 451 g/mol. The van der Waals surface area contributed by atoms with E-state index in [1.54, 1.807) is 6.07 Å². The van der Waals surface area contributed by atoms with Gasteiger partial charge in [-0.25, -0.2) is 9.78 Å². The maximum absolute atomic E-state index is 12.4.